The molecule has 0 radical (unpaired) electrons. The second kappa shape index (κ2) is 8.34. The van der Waals surface area contributed by atoms with Gasteiger partial charge in [-0.15, -0.1) is 0 Å². The average molecular weight is 426 g/mol. The third kappa shape index (κ3) is 3.69. The van der Waals surface area contributed by atoms with Gasteiger partial charge in [-0.05, 0) is 81.4 Å². The second-order valence-electron chi connectivity index (χ2n) is 11.3. The molecule has 0 saturated heterocycles. The summed E-state index contributed by atoms with van der Waals surface area (Å²) in [4.78, 5) is 0. The minimum Gasteiger partial charge on any atom is -0.312 e. The van der Waals surface area contributed by atoms with Crippen LogP contribution < -0.4 is 5.32 Å². The molecule has 0 bridgehead atoms. The van der Waals surface area contributed by atoms with Gasteiger partial charge in [0, 0.05) is 13.1 Å². The second-order valence-corrected chi connectivity index (χ2v) is 11.3. The van der Waals surface area contributed by atoms with Crippen molar-refractivity contribution in [2.75, 3.05) is 6.54 Å². The number of rotatable bonds is 5. The van der Waals surface area contributed by atoms with E-state index in [1.807, 2.05) is 0 Å². The first kappa shape index (κ1) is 21.7. The van der Waals surface area contributed by atoms with Crippen LogP contribution in [-0.2, 0) is 18.4 Å². The van der Waals surface area contributed by atoms with E-state index in [2.05, 4.69) is 93.7 Å². The number of fused-ring (bicyclic) bond motifs is 4. The fraction of sp³-hybridized carbons (Fsp3) is 0.484. The summed E-state index contributed by atoms with van der Waals surface area (Å²) in [7, 11) is 0. The van der Waals surface area contributed by atoms with E-state index in [9.17, 15) is 0 Å². The van der Waals surface area contributed by atoms with Crippen LogP contribution in [0, 0.1) is 11.3 Å². The Labute approximate surface area is 194 Å². The van der Waals surface area contributed by atoms with Crippen molar-refractivity contribution in [3.63, 3.8) is 0 Å². The number of hydrogen-bond acceptors (Lipinski definition) is 1. The highest BCUT2D eigenvalue weighted by atomic mass is 14.9. The minimum atomic E-state index is 0.317. The highest BCUT2D eigenvalue weighted by Gasteiger charge is 2.51. The molecule has 0 heterocycles. The molecule has 0 aliphatic heterocycles. The Bertz CT molecular complexity index is 1110. The molecule has 5 rings (SSSR count). The standard InChI is InChI=1S/C31H39N/c1-22(2)24-13-15-28-25(19-24)14-16-29-30(3,17-8-18-31(28,29)4)21-32-20-26-11-7-10-23-9-5-6-12-27(23)26/h5-7,9-13,15,19,22,29,32H,8,14,16-18,20-21H2,1-4H3/t29-,30-,31+/m1/s1. The Kier molecular flexibility index (Phi) is 5.66. The van der Waals surface area contributed by atoms with Crippen LogP contribution in [0.3, 0.4) is 0 Å². The van der Waals surface area contributed by atoms with Gasteiger partial charge in [0.15, 0.2) is 0 Å². The zero-order valence-corrected chi connectivity index (χ0v) is 20.4. The van der Waals surface area contributed by atoms with E-state index in [4.69, 9.17) is 0 Å². The van der Waals surface area contributed by atoms with Crippen LogP contribution in [-0.4, -0.2) is 6.54 Å². The maximum atomic E-state index is 3.90. The normalized spacial score (nSPS) is 27.3. The molecule has 32 heavy (non-hydrogen) atoms. The van der Waals surface area contributed by atoms with E-state index < -0.39 is 0 Å². The van der Waals surface area contributed by atoms with E-state index in [-0.39, 0.29) is 0 Å². The molecule has 2 aliphatic carbocycles. The smallest absolute Gasteiger partial charge is 0.0211 e. The van der Waals surface area contributed by atoms with Crippen molar-refractivity contribution in [1.82, 2.24) is 5.32 Å². The van der Waals surface area contributed by atoms with E-state index in [1.165, 1.54) is 54.0 Å². The predicted molar refractivity (Wildman–Crippen MR) is 137 cm³/mol. The lowest BCUT2D eigenvalue weighted by Gasteiger charge is -2.55. The Morgan fingerprint density at radius 1 is 0.969 bits per heavy atom. The molecule has 1 N–H and O–H groups in total. The lowest BCUT2D eigenvalue weighted by molar-refractivity contribution is 0.0257. The largest absolute Gasteiger partial charge is 0.312 e. The van der Waals surface area contributed by atoms with Gasteiger partial charge in [-0.2, -0.15) is 0 Å². The Hall–Kier alpha value is -2.12. The van der Waals surface area contributed by atoms with Gasteiger partial charge in [0.05, 0.1) is 0 Å². The first-order valence-electron chi connectivity index (χ1n) is 12.7. The van der Waals surface area contributed by atoms with Crippen molar-refractivity contribution in [2.45, 2.75) is 77.7 Å². The van der Waals surface area contributed by atoms with Crippen LogP contribution in [0.2, 0.25) is 0 Å². The van der Waals surface area contributed by atoms with Gasteiger partial charge in [0.1, 0.15) is 0 Å². The summed E-state index contributed by atoms with van der Waals surface area (Å²) in [6, 6.07) is 22.9. The van der Waals surface area contributed by atoms with Crippen molar-refractivity contribution in [1.29, 1.82) is 0 Å². The Balaban J connectivity index is 1.36. The van der Waals surface area contributed by atoms with Crippen molar-refractivity contribution in [3.05, 3.63) is 82.9 Å². The molecule has 1 fully saturated rings. The monoisotopic (exact) mass is 425 g/mol. The van der Waals surface area contributed by atoms with Crippen LogP contribution in [0.15, 0.2) is 60.7 Å². The summed E-state index contributed by atoms with van der Waals surface area (Å²) in [5.41, 5.74) is 6.87. The summed E-state index contributed by atoms with van der Waals surface area (Å²) in [6.45, 7) is 11.8. The molecule has 3 aromatic rings. The van der Waals surface area contributed by atoms with Gasteiger partial charge in [-0.3, -0.25) is 0 Å². The average Bonchev–Trinajstić information content (AvgIpc) is 2.79. The van der Waals surface area contributed by atoms with E-state index in [0.29, 0.717) is 16.7 Å². The Morgan fingerprint density at radius 2 is 1.78 bits per heavy atom. The minimum absolute atomic E-state index is 0.317. The molecular formula is C31H39N. The SMILES string of the molecule is CC(C)c1ccc2c(c1)CC[C@@H]1[C@@](C)(CNCc3cccc4ccccc34)CCC[C@@]21C. The van der Waals surface area contributed by atoms with Crippen molar-refractivity contribution in [3.8, 4) is 0 Å². The summed E-state index contributed by atoms with van der Waals surface area (Å²) in [6.07, 6.45) is 6.59. The van der Waals surface area contributed by atoms with Gasteiger partial charge >= 0.3 is 0 Å². The third-order valence-corrected chi connectivity index (χ3v) is 8.89. The molecule has 1 nitrogen and oxygen atoms in total. The van der Waals surface area contributed by atoms with Crippen molar-refractivity contribution >= 4 is 10.8 Å². The number of hydrogen-bond donors (Lipinski definition) is 1. The summed E-state index contributed by atoms with van der Waals surface area (Å²) in [5.74, 6) is 1.36. The van der Waals surface area contributed by atoms with E-state index in [1.54, 1.807) is 11.1 Å². The fourth-order valence-corrected chi connectivity index (χ4v) is 7.14. The van der Waals surface area contributed by atoms with Gasteiger partial charge < -0.3 is 5.32 Å². The maximum Gasteiger partial charge on any atom is 0.0211 e. The summed E-state index contributed by atoms with van der Waals surface area (Å²) in [5, 5.41) is 6.63. The highest BCUT2D eigenvalue weighted by Crippen LogP contribution is 2.57. The zero-order valence-electron chi connectivity index (χ0n) is 20.4. The lowest BCUT2D eigenvalue weighted by atomic mass is 9.49. The van der Waals surface area contributed by atoms with Crippen LogP contribution in [0.5, 0.6) is 0 Å². The molecule has 0 amide bonds. The summed E-state index contributed by atoms with van der Waals surface area (Å²) >= 11 is 0. The Morgan fingerprint density at radius 3 is 2.62 bits per heavy atom. The third-order valence-electron chi connectivity index (χ3n) is 8.89. The molecule has 168 valence electrons. The van der Waals surface area contributed by atoms with E-state index in [0.717, 1.165) is 19.0 Å². The molecule has 3 aromatic carbocycles. The predicted octanol–water partition coefficient (Wildman–Crippen LogP) is 7.76. The molecule has 0 aromatic heterocycles. The van der Waals surface area contributed by atoms with Crippen molar-refractivity contribution in [2.24, 2.45) is 11.3 Å². The van der Waals surface area contributed by atoms with Gasteiger partial charge in [0.25, 0.3) is 0 Å². The van der Waals surface area contributed by atoms with E-state index >= 15 is 0 Å². The van der Waals surface area contributed by atoms with Crippen LogP contribution in [0.4, 0.5) is 0 Å². The van der Waals surface area contributed by atoms with Crippen molar-refractivity contribution < 1.29 is 0 Å². The maximum absolute atomic E-state index is 3.90. The molecule has 1 saturated carbocycles. The fourth-order valence-electron chi connectivity index (χ4n) is 7.14. The highest BCUT2D eigenvalue weighted by molar-refractivity contribution is 5.85. The van der Waals surface area contributed by atoms with Gasteiger partial charge in [-0.25, -0.2) is 0 Å². The van der Waals surface area contributed by atoms with Gasteiger partial charge in [0.2, 0.25) is 0 Å². The van der Waals surface area contributed by atoms with Gasteiger partial charge in [-0.1, -0.05) is 94.8 Å². The number of benzene rings is 3. The van der Waals surface area contributed by atoms with Crippen LogP contribution in [0.1, 0.15) is 81.5 Å². The molecule has 3 atom stereocenters. The molecular weight excluding hydrogens is 386 g/mol. The number of nitrogens with one attached hydrogen (secondary N) is 1. The first-order chi connectivity index (χ1) is 15.4. The molecule has 0 unspecified atom stereocenters. The number of aryl methyl sites for hydroxylation is 1. The van der Waals surface area contributed by atoms with Crippen LogP contribution >= 0.6 is 0 Å². The van der Waals surface area contributed by atoms with Crippen LogP contribution in [0.25, 0.3) is 10.8 Å². The zero-order chi connectivity index (χ0) is 22.3. The lowest BCUT2D eigenvalue weighted by Crippen LogP contribution is -2.52. The molecule has 2 aliphatic rings. The molecule has 0 spiro atoms. The topological polar surface area (TPSA) is 12.0 Å². The quantitative estimate of drug-likeness (QED) is 0.440. The molecule has 1 heteroatoms. The first-order valence-corrected chi connectivity index (χ1v) is 12.7. The summed E-state index contributed by atoms with van der Waals surface area (Å²) < 4.78 is 0.